The molecule has 6 N–H and O–H groups in total. The van der Waals surface area contributed by atoms with Crippen LogP contribution in [0.3, 0.4) is 0 Å². The Kier molecular flexibility index (Phi) is 14.9. The number of unbranched alkanes of at least 4 members (excludes halogenated alkanes) is 2. The van der Waals surface area contributed by atoms with Crippen LogP contribution in [-0.2, 0) is 4.79 Å². The van der Waals surface area contributed by atoms with Crippen LogP contribution in [0.25, 0.3) is 0 Å². The van der Waals surface area contributed by atoms with Crippen LogP contribution in [0.4, 0.5) is 16.7 Å². The molecule has 2 aromatic heterocycles. The van der Waals surface area contributed by atoms with E-state index in [2.05, 4.69) is 42.5 Å². The van der Waals surface area contributed by atoms with Crippen LogP contribution in [0.2, 0.25) is 0 Å². The first-order valence-electron chi connectivity index (χ1n) is 10.2. The molecule has 0 fully saturated rings. The number of hydrogen-bond donors (Lipinski definition) is 5. The van der Waals surface area contributed by atoms with Gasteiger partial charge in [-0.15, -0.1) is 0 Å². The number of nitrogens with zero attached hydrogens (tertiary/aromatic N) is 3. The van der Waals surface area contributed by atoms with Crippen molar-refractivity contribution in [2.24, 2.45) is 4.99 Å². The highest BCUT2D eigenvalue weighted by molar-refractivity contribution is 5.87. The molecule has 176 valence electrons. The topological polar surface area (TPSA) is 188 Å². The number of H-pyrrole nitrogens is 2. The summed E-state index contributed by atoms with van der Waals surface area (Å²) in [6.07, 6.45) is 5.50. The fourth-order valence-electron chi connectivity index (χ4n) is 2.05. The second kappa shape index (κ2) is 16.9. The third-order valence-electron chi connectivity index (χ3n) is 3.49. The van der Waals surface area contributed by atoms with Gasteiger partial charge in [0.25, 0.3) is 11.1 Å². The lowest BCUT2D eigenvalue weighted by Crippen LogP contribution is -2.31. The lowest BCUT2D eigenvalue weighted by molar-refractivity contribution is 0.252. The summed E-state index contributed by atoms with van der Waals surface area (Å²) in [6, 6.07) is 2.39. The largest absolute Gasteiger partial charge is 0.369 e. The molecule has 0 aliphatic carbocycles. The van der Waals surface area contributed by atoms with Gasteiger partial charge in [0.05, 0.1) is 6.54 Å². The summed E-state index contributed by atoms with van der Waals surface area (Å²) in [5.41, 5.74) is 5.90. The number of aromatic nitrogens is 4. The molecule has 12 nitrogen and oxygen atoms in total. The maximum atomic E-state index is 11.3. The molecule has 2 aromatic rings. The number of amides is 2. The number of aryl methyl sites for hydroxylation is 2. The standard InChI is InChI=1S/C10H16N4O2.C5H7N3O.C5H9NO/c1-3-4-5-11-10(16)14-9-12-7(2)6-8(15)13-9;1-3-2-4(9)8-5(6)7-3;1-2-3-4-6-5-7/h6H,3-5H2,1-2H3,(H3,11,12,13,14,15,16);2H,1H3,(H3,6,7,8,9);2-4H2,1H3. The second-order valence-electron chi connectivity index (χ2n) is 6.57. The van der Waals surface area contributed by atoms with Gasteiger partial charge in [-0.2, -0.15) is 0 Å². The number of isocyanates is 1. The molecular weight excluding hydrogens is 416 g/mol. The van der Waals surface area contributed by atoms with Gasteiger partial charge >= 0.3 is 6.03 Å². The molecule has 0 unspecified atom stereocenters. The highest BCUT2D eigenvalue weighted by Gasteiger charge is 2.03. The fourth-order valence-corrected chi connectivity index (χ4v) is 2.05. The lowest BCUT2D eigenvalue weighted by Gasteiger charge is -2.06. The molecule has 0 saturated heterocycles. The van der Waals surface area contributed by atoms with Crippen LogP contribution in [-0.4, -0.2) is 45.1 Å². The molecule has 0 bridgehead atoms. The number of carbonyl (C=O) groups excluding carboxylic acids is 2. The number of anilines is 2. The first kappa shape index (κ1) is 28.2. The van der Waals surface area contributed by atoms with Crippen molar-refractivity contribution < 1.29 is 9.59 Å². The van der Waals surface area contributed by atoms with Crippen LogP contribution < -0.4 is 27.5 Å². The van der Waals surface area contributed by atoms with E-state index in [9.17, 15) is 19.2 Å². The van der Waals surface area contributed by atoms with Gasteiger partial charge in [0.15, 0.2) is 0 Å². The Labute approximate surface area is 186 Å². The number of nitrogens with one attached hydrogen (secondary N) is 4. The van der Waals surface area contributed by atoms with E-state index in [1.807, 2.05) is 6.92 Å². The van der Waals surface area contributed by atoms with E-state index in [-0.39, 0.29) is 29.0 Å². The van der Waals surface area contributed by atoms with Crippen LogP contribution >= 0.6 is 0 Å². The van der Waals surface area contributed by atoms with Crippen molar-refractivity contribution in [2.45, 2.75) is 53.4 Å². The van der Waals surface area contributed by atoms with Crippen molar-refractivity contribution in [3.63, 3.8) is 0 Å². The van der Waals surface area contributed by atoms with Crippen LogP contribution in [0, 0.1) is 13.8 Å². The Morgan fingerprint density at radius 3 is 2.16 bits per heavy atom. The smallest absolute Gasteiger partial charge is 0.321 e. The number of urea groups is 1. The predicted molar refractivity (Wildman–Crippen MR) is 123 cm³/mol. The van der Waals surface area contributed by atoms with Crippen molar-refractivity contribution in [1.29, 1.82) is 0 Å². The molecule has 32 heavy (non-hydrogen) atoms. The fraction of sp³-hybridized carbons (Fsp3) is 0.500. The lowest BCUT2D eigenvalue weighted by atomic mass is 10.3. The first-order valence-corrected chi connectivity index (χ1v) is 10.2. The Hall–Kier alpha value is -3.79. The summed E-state index contributed by atoms with van der Waals surface area (Å²) in [4.78, 5) is 58.2. The normalized spacial score (nSPS) is 9.25. The maximum Gasteiger partial charge on any atom is 0.321 e. The number of aromatic amines is 2. The van der Waals surface area contributed by atoms with Crippen LogP contribution in [0.15, 0.2) is 26.7 Å². The zero-order valence-electron chi connectivity index (χ0n) is 18.9. The van der Waals surface area contributed by atoms with Crippen molar-refractivity contribution in [2.75, 3.05) is 24.1 Å². The van der Waals surface area contributed by atoms with E-state index in [0.29, 0.717) is 24.5 Å². The first-order chi connectivity index (χ1) is 15.2. The van der Waals surface area contributed by atoms with Gasteiger partial charge in [0.2, 0.25) is 18.0 Å². The predicted octanol–water partition coefficient (Wildman–Crippen LogP) is 1.78. The number of nitrogens with two attached hydrogens (primary N) is 1. The highest BCUT2D eigenvalue weighted by atomic mass is 16.2. The number of rotatable bonds is 7. The van der Waals surface area contributed by atoms with Crippen LogP contribution in [0.5, 0.6) is 0 Å². The van der Waals surface area contributed by atoms with Crippen molar-refractivity contribution in [3.8, 4) is 0 Å². The summed E-state index contributed by atoms with van der Waals surface area (Å²) < 4.78 is 0. The van der Waals surface area contributed by atoms with Gasteiger partial charge in [-0.05, 0) is 26.7 Å². The molecule has 0 saturated carbocycles. The quantitative estimate of drug-likeness (QED) is 0.242. The van der Waals surface area contributed by atoms with Gasteiger partial charge in [0, 0.05) is 30.1 Å². The van der Waals surface area contributed by atoms with E-state index in [1.165, 1.54) is 18.2 Å². The second-order valence-corrected chi connectivity index (χ2v) is 6.57. The molecule has 0 aliphatic heterocycles. The Bertz CT molecular complexity index is 957. The molecule has 0 radical (unpaired) electrons. The van der Waals surface area contributed by atoms with Crippen molar-refractivity contribution in [3.05, 3.63) is 44.2 Å². The maximum absolute atomic E-state index is 11.3. The number of aliphatic imine (C=N–C) groups is 1. The summed E-state index contributed by atoms with van der Waals surface area (Å²) in [5, 5.41) is 5.12. The minimum atomic E-state index is -0.359. The van der Waals surface area contributed by atoms with Gasteiger partial charge in [-0.3, -0.25) is 24.9 Å². The molecular formula is C20H32N8O4. The molecule has 0 atom stereocenters. The van der Waals surface area contributed by atoms with Crippen molar-refractivity contribution >= 4 is 24.0 Å². The third kappa shape index (κ3) is 15.1. The monoisotopic (exact) mass is 448 g/mol. The average molecular weight is 449 g/mol. The Morgan fingerprint density at radius 2 is 1.66 bits per heavy atom. The Balaban J connectivity index is 0.000000506. The average Bonchev–Trinajstić information content (AvgIpc) is 2.68. The molecule has 12 heteroatoms. The van der Waals surface area contributed by atoms with E-state index in [4.69, 9.17) is 5.73 Å². The van der Waals surface area contributed by atoms with Gasteiger partial charge in [0.1, 0.15) is 0 Å². The highest BCUT2D eigenvalue weighted by Crippen LogP contribution is 1.95. The van der Waals surface area contributed by atoms with Gasteiger partial charge in [-0.25, -0.2) is 24.5 Å². The zero-order chi connectivity index (χ0) is 24.4. The van der Waals surface area contributed by atoms with E-state index < -0.39 is 0 Å². The van der Waals surface area contributed by atoms with E-state index in [0.717, 1.165) is 25.7 Å². The van der Waals surface area contributed by atoms with Gasteiger partial charge < -0.3 is 11.1 Å². The van der Waals surface area contributed by atoms with E-state index in [1.54, 1.807) is 13.8 Å². The zero-order valence-corrected chi connectivity index (χ0v) is 18.9. The molecule has 2 rings (SSSR count). The van der Waals surface area contributed by atoms with Gasteiger partial charge in [-0.1, -0.05) is 26.7 Å². The number of hydrogen-bond acceptors (Lipinski definition) is 8. The summed E-state index contributed by atoms with van der Waals surface area (Å²) in [6.45, 7) is 8.75. The summed E-state index contributed by atoms with van der Waals surface area (Å²) in [7, 11) is 0. The summed E-state index contributed by atoms with van der Waals surface area (Å²) >= 11 is 0. The Morgan fingerprint density at radius 1 is 1.06 bits per heavy atom. The summed E-state index contributed by atoms with van der Waals surface area (Å²) in [5.74, 6) is 0.332. The van der Waals surface area contributed by atoms with Crippen LogP contribution in [0.1, 0.15) is 50.9 Å². The number of nitrogen functional groups attached to an aromatic ring is 1. The molecule has 0 aromatic carbocycles. The molecule has 0 aliphatic rings. The number of carbonyl (C=O) groups is 1. The molecule has 0 spiro atoms. The molecule has 2 amide bonds. The SMILES string of the molecule is CCCCN=C=O.CCCCNC(=O)Nc1nc(C)cc(=O)[nH]1.Cc1cc(=O)[nH]c(N)n1. The van der Waals surface area contributed by atoms with Crippen molar-refractivity contribution in [1.82, 2.24) is 25.3 Å². The minimum absolute atomic E-state index is 0.166. The third-order valence-corrected chi connectivity index (χ3v) is 3.49. The van der Waals surface area contributed by atoms with E-state index >= 15 is 0 Å². The molecule has 2 heterocycles. The minimum Gasteiger partial charge on any atom is -0.369 e.